The Bertz CT molecular complexity index is 442. The molecule has 0 aliphatic heterocycles. The molecule has 0 radical (unpaired) electrons. The molecular weight excluding hydrogens is 216 g/mol. The van der Waals surface area contributed by atoms with Crippen LogP contribution in [0.15, 0.2) is 35.3 Å². The SMILES string of the molecule is CCCNc1nccc(NCc2ccoc2)n1. The van der Waals surface area contributed by atoms with Gasteiger partial charge in [-0.05, 0) is 18.6 Å². The van der Waals surface area contributed by atoms with Crippen molar-refractivity contribution >= 4 is 11.8 Å². The molecule has 17 heavy (non-hydrogen) atoms. The second-order valence-corrected chi connectivity index (χ2v) is 3.68. The molecule has 0 bridgehead atoms. The minimum Gasteiger partial charge on any atom is -0.472 e. The lowest BCUT2D eigenvalue weighted by Crippen LogP contribution is -2.06. The number of rotatable bonds is 6. The highest BCUT2D eigenvalue weighted by molar-refractivity contribution is 5.39. The number of hydrogen-bond donors (Lipinski definition) is 2. The van der Waals surface area contributed by atoms with Crippen LogP contribution in [0.5, 0.6) is 0 Å². The second kappa shape index (κ2) is 5.89. The molecule has 0 spiro atoms. The molecule has 0 fully saturated rings. The molecule has 2 N–H and O–H groups in total. The first-order valence-electron chi connectivity index (χ1n) is 5.70. The van der Waals surface area contributed by atoms with Gasteiger partial charge in [-0.15, -0.1) is 0 Å². The van der Waals surface area contributed by atoms with Gasteiger partial charge in [-0.25, -0.2) is 4.98 Å². The van der Waals surface area contributed by atoms with Crippen molar-refractivity contribution in [3.8, 4) is 0 Å². The summed E-state index contributed by atoms with van der Waals surface area (Å²) in [5.41, 5.74) is 1.09. The number of nitrogens with zero attached hydrogens (tertiary/aromatic N) is 2. The summed E-state index contributed by atoms with van der Waals surface area (Å²) in [5, 5.41) is 6.36. The van der Waals surface area contributed by atoms with E-state index in [2.05, 4.69) is 27.5 Å². The van der Waals surface area contributed by atoms with Gasteiger partial charge in [0.15, 0.2) is 0 Å². The molecule has 5 heteroatoms. The number of anilines is 2. The predicted molar refractivity (Wildman–Crippen MR) is 66.8 cm³/mol. The van der Waals surface area contributed by atoms with Crippen molar-refractivity contribution in [1.29, 1.82) is 0 Å². The number of furan rings is 1. The highest BCUT2D eigenvalue weighted by Crippen LogP contribution is 2.08. The molecule has 2 aromatic heterocycles. The standard InChI is InChI=1S/C12H16N4O/c1-2-5-13-12-14-6-3-11(16-12)15-8-10-4-7-17-9-10/h3-4,6-7,9H,2,5,8H2,1H3,(H2,13,14,15,16). The molecule has 0 saturated carbocycles. The molecule has 90 valence electrons. The van der Waals surface area contributed by atoms with E-state index in [0.29, 0.717) is 12.5 Å². The Kier molecular flexibility index (Phi) is 3.96. The summed E-state index contributed by atoms with van der Waals surface area (Å²) in [6, 6.07) is 3.77. The maximum Gasteiger partial charge on any atom is 0.224 e. The van der Waals surface area contributed by atoms with Gasteiger partial charge in [0.2, 0.25) is 5.95 Å². The second-order valence-electron chi connectivity index (χ2n) is 3.68. The lowest BCUT2D eigenvalue weighted by atomic mass is 10.3. The first-order valence-corrected chi connectivity index (χ1v) is 5.70. The Labute approximate surface area is 100 Å². The zero-order valence-electron chi connectivity index (χ0n) is 9.81. The molecule has 2 aromatic rings. The van der Waals surface area contributed by atoms with Gasteiger partial charge in [0, 0.05) is 24.8 Å². The molecule has 0 aliphatic rings. The predicted octanol–water partition coefficient (Wildman–Crippen LogP) is 2.50. The summed E-state index contributed by atoms with van der Waals surface area (Å²) < 4.78 is 4.99. The Balaban J connectivity index is 1.91. The van der Waals surface area contributed by atoms with Crippen LogP contribution in [0, 0.1) is 0 Å². The Morgan fingerprint density at radius 3 is 3.00 bits per heavy atom. The van der Waals surface area contributed by atoms with Crippen LogP contribution in [0.1, 0.15) is 18.9 Å². The average molecular weight is 232 g/mol. The van der Waals surface area contributed by atoms with Crippen LogP contribution in [-0.2, 0) is 6.54 Å². The molecule has 0 amide bonds. The van der Waals surface area contributed by atoms with Gasteiger partial charge in [0.05, 0.1) is 12.5 Å². The van der Waals surface area contributed by atoms with Crippen molar-refractivity contribution < 1.29 is 4.42 Å². The fourth-order valence-corrected chi connectivity index (χ4v) is 1.36. The van der Waals surface area contributed by atoms with Crippen LogP contribution in [0.4, 0.5) is 11.8 Å². The normalized spacial score (nSPS) is 10.2. The summed E-state index contributed by atoms with van der Waals surface area (Å²) in [7, 11) is 0. The van der Waals surface area contributed by atoms with E-state index in [4.69, 9.17) is 4.42 Å². The molecule has 0 unspecified atom stereocenters. The third kappa shape index (κ3) is 3.48. The monoisotopic (exact) mass is 232 g/mol. The van der Waals surface area contributed by atoms with Crippen molar-refractivity contribution in [1.82, 2.24) is 9.97 Å². The van der Waals surface area contributed by atoms with Gasteiger partial charge in [0.1, 0.15) is 5.82 Å². The van der Waals surface area contributed by atoms with E-state index in [-0.39, 0.29) is 0 Å². The summed E-state index contributed by atoms with van der Waals surface area (Å²) in [6.45, 7) is 3.68. The van der Waals surface area contributed by atoms with Crippen LogP contribution < -0.4 is 10.6 Å². The lowest BCUT2D eigenvalue weighted by Gasteiger charge is -2.06. The molecule has 0 aliphatic carbocycles. The Hall–Kier alpha value is -2.04. The van der Waals surface area contributed by atoms with Crippen LogP contribution in [0.25, 0.3) is 0 Å². The third-order valence-corrected chi connectivity index (χ3v) is 2.24. The van der Waals surface area contributed by atoms with Crippen molar-refractivity contribution in [2.24, 2.45) is 0 Å². The number of nitrogens with one attached hydrogen (secondary N) is 2. The van der Waals surface area contributed by atoms with E-state index >= 15 is 0 Å². The maximum atomic E-state index is 4.99. The first kappa shape index (κ1) is 11.4. The van der Waals surface area contributed by atoms with Gasteiger partial charge in [0.25, 0.3) is 0 Å². The van der Waals surface area contributed by atoms with E-state index in [0.717, 1.165) is 24.3 Å². The lowest BCUT2D eigenvalue weighted by molar-refractivity contribution is 0.564. The Morgan fingerprint density at radius 1 is 1.29 bits per heavy atom. The van der Waals surface area contributed by atoms with E-state index in [1.165, 1.54) is 0 Å². The maximum absolute atomic E-state index is 4.99. The molecule has 0 aromatic carbocycles. The minimum atomic E-state index is 0.657. The van der Waals surface area contributed by atoms with Crippen molar-refractivity contribution in [2.75, 3.05) is 17.2 Å². The smallest absolute Gasteiger partial charge is 0.224 e. The third-order valence-electron chi connectivity index (χ3n) is 2.24. The molecular formula is C12H16N4O. The van der Waals surface area contributed by atoms with Crippen molar-refractivity contribution in [3.05, 3.63) is 36.4 Å². The van der Waals surface area contributed by atoms with E-state index in [1.54, 1.807) is 18.7 Å². The topological polar surface area (TPSA) is 63.0 Å². The first-order chi connectivity index (χ1) is 8.38. The highest BCUT2D eigenvalue weighted by atomic mass is 16.3. The average Bonchev–Trinajstić information content (AvgIpc) is 2.87. The van der Waals surface area contributed by atoms with Crippen LogP contribution in [0.3, 0.4) is 0 Å². The summed E-state index contributed by atoms with van der Waals surface area (Å²) in [5.74, 6) is 1.46. The molecule has 0 atom stereocenters. The highest BCUT2D eigenvalue weighted by Gasteiger charge is 1.99. The van der Waals surface area contributed by atoms with Crippen LogP contribution >= 0.6 is 0 Å². The zero-order valence-corrected chi connectivity index (χ0v) is 9.81. The molecule has 2 rings (SSSR count). The van der Waals surface area contributed by atoms with E-state index in [1.807, 2.05) is 12.1 Å². The van der Waals surface area contributed by atoms with Gasteiger partial charge in [-0.2, -0.15) is 4.98 Å². The quantitative estimate of drug-likeness (QED) is 0.801. The van der Waals surface area contributed by atoms with Crippen molar-refractivity contribution in [3.63, 3.8) is 0 Å². The van der Waals surface area contributed by atoms with Crippen molar-refractivity contribution in [2.45, 2.75) is 19.9 Å². The summed E-state index contributed by atoms with van der Waals surface area (Å²) in [6.07, 6.45) is 6.16. The summed E-state index contributed by atoms with van der Waals surface area (Å²) >= 11 is 0. The minimum absolute atomic E-state index is 0.657. The number of hydrogen-bond acceptors (Lipinski definition) is 5. The zero-order chi connectivity index (χ0) is 11.9. The fraction of sp³-hybridized carbons (Fsp3) is 0.333. The van der Waals surface area contributed by atoms with Crippen LogP contribution in [-0.4, -0.2) is 16.5 Å². The van der Waals surface area contributed by atoms with E-state index in [9.17, 15) is 0 Å². The Morgan fingerprint density at radius 2 is 2.24 bits per heavy atom. The molecule has 2 heterocycles. The van der Waals surface area contributed by atoms with E-state index < -0.39 is 0 Å². The summed E-state index contributed by atoms with van der Waals surface area (Å²) in [4.78, 5) is 8.49. The van der Waals surface area contributed by atoms with Crippen LogP contribution in [0.2, 0.25) is 0 Å². The fourth-order valence-electron chi connectivity index (χ4n) is 1.36. The van der Waals surface area contributed by atoms with Gasteiger partial charge in [-0.3, -0.25) is 0 Å². The molecule has 0 saturated heterocycles. The van der Waals surface area contributed by atoms with Gasteiger partial charge < -0.3 is 15.1 Å². The number of aromatic nitrogens is 2. The van der Waals surface area contributed by atoms with Gasteiger partial charge >= 0.3 is 0 Å². The molecule has 5 nitrogen and oxygen atoms in total. The largest absolute Gasteiger partial charge is 0.472 e. The van der Waals surface area contributed by atoms with Gasteiger partial charge in [-0.1, -0.05) is 6.92 Å².